The first-order chi connectivity index (χ1) is 7.32. The highest BCUT2D eigenvalue weighted by Gasteiger charge is 2.37. The Morgan fingerprint density at radius 3 is 2.53 bits per heavy atom. The highest BCUT2D eigenvalue weighted by molar-refractivity contribution is 7.98. The number of nitrogens with zero attached hydrogens (tertiary/aromatic N) is 1. The number of rotatable bonds is 2. The first-order valence-electron chi connectivity index (χ1n) is 5.37. The van der Waals surface area contributed by atoms with Crippen molar-refractivity contribution in [3.8, 4) is 6.07 Å². The van der Waals surface area contributed by atoms with Gasteiger partial charge in [0.15, 0.2) is 0 Å². The summed E-state index contributed by atoms with van der Waals surface area (Å²) in [6, 6.07) is 10.9. The van der Waals surface area contributed by atoms with Gasteiger partial charge in [-0.1, -0.05) is 31.0 Å². The van der Waals surface area contributed by atoms with Gasteiger partial charge in [0.25, 0.3) is 0 Å². The van der Waals surface area contributed by atoms with Crippen LogP contribution in [-0.4, -0.2) is 6.26 Å². The molecule has 0 spiro atoms. The van der Waals surface area contributed by atoms with Gasteiger partial charge in [-0.2, -0.15) is 5.26 Å². The maximum Gasteiger partial charge on any atom is 0.0833 e. The average molecular weight is 217 g/mol. The third-order valence-electron chi connectivity index (χ3n) is 3.29. The van der Waals surface area contributed by atoms with Crippen LogP contribution in [0.1, 0.15) is 31.2 Å². The lowest BCUT2D eigenvalue weighted by molar-refractivity contribution is 0.562. The van der Waals surface area contributed by atoms with Crippen LogP contribution in [0.2, 0.25) is 0 Å². The van der Waals surface area contributed by atoms with Crippen molar-refractivity contribution in [2.24, 2.45) is 0 Å². The second-order valence-electron chi connectivity index (χ2n) is 4.10. The molecule has 0 atom stereocenters. The zero-order chi connectivity index (χ0) is 10.7. The normalized spacial score (nSPS) is 18.7. The van der Waals surface area contributed by atoms with E-state index in [1.165, 1.54) is 23.3 Å². The number of benzene rings is 1. The molecule has 0 aromatic heterocycles. The maximum absolute atomic E-state index is 9.43. The number of thioether (sulfide) groups is 1. The Hall–Kier alpha value is -0.940. The molecule has 1 aromatic carbocycles. The zero-order valence-corrected chi connectivity index (χ0v) is 9.81. The van der Waals surface area contributed by atoms with Crippen LogP contribution in [0.5, 0.6) is 0 Å². The molecule has 1 fully saturated rings. The highest BCUT2D eigenvalue weighted by atomic mass is 32.2. The highest BCUT2D eigenvalue weighted by Crippen LogP contribution is 2.43. The quantitative estimate of drug-likeness (QED) is 0.704. The van der Waals surface area contributed by atoms with E-state index >= 15 is 0 Å². The molecule has 1 aliphatic carbocycles. The third-order valence-corrected chi connectivity index (χ3v) is 4.09. The monoisotopic (exact) mass is 217 g/mol. The molecule has 0 heterocycles. The van der Waals surface area contributed by atoms with Crippen molar-refractivity contribution in [3.05, 3.63) is 29.8 Å². The van der Waals surface area contributed by atoms with Crippen LogP contribution in [0.3, 0.4) is 0 Å². The van der Waals surface area contributed by atoms with Crippen molar-refractivity contribution >= 4 is 11.8 Å². The van der Waals surface area contributed by atoms with Crippen molar-refractivity contribution in [1.29, 1.82) is 5.26 Å². The lowest BCUT2D eigenvalue weighted by atomic mass is 9.80. The van der Waals surface area contributed by atoms with Gasteiger partial charge in [-0.15, -0.1) is 11.8 Å². The summed E-state index contributed by atoms with van der Waals surface area (Å²) < 4.78 is 0. The molecule has 2 heteroatoms. The van der Waals surface area contributed by atoms with E-state index in [9.17, 15) is 5.26 Å². The summed E-state index contributed by atoms with van der Waals surface area (Å²) in [6.45, 7) is 0. The van der Waals surface area contributed by atoms with Gasteiger partial charge in [0.05, 0.1) is 11.5 Å². The van der Waals surface area contributed by atoms with E-state index in [1.807, 2.05) is 6.07 Å². The van der Waals surface area contributed by atoms with Crippen LogP contribution in [0.4, 0.5) is 0 Å². The van der Waals surface area contributed by atoms with E-state index in [1.54, 1.807) is 11.8 Å². The van der Waals surface area contributed by atoms with E-state index in [-0.39, 0.29) is 5.41 Å². The summed E-state index contributed by atoms with van der Waals surface area (Å²) in [5.41, 5.74) is 1.05. The minimum absolute atomic E-state index is 0.195. The summed E-state index contributed by atoms with van der Waals surface area (Å²) in [5, 5.41) is 9.43. The molecule has 0 amide bonds. The van der Waals surface area contributed by atoms with Crippen molar-refractivity contribution in [2.75, 3.05) is 6.26 Å². The molecule has 1 nitrogen and oxygen atoms in total. The first-order valence-corrected chi connectivity index (χ1v) is 6.60. The molecular formula is C13H15NS. The molecule has 0 N–H and O–H groups in total. The fourth-order valence-corrected chi connectivity index (χ4v) is 3.16. The van der Waals surface area contributed by atoms with Crippen molar-refractivity contribution in [1.82, 2.24) is 0 Å². The third kappa shape index (κ3) is 1.77. The summed E-state index contributed by atoms with van der Waals surface area (Å²) in [6.07, 6.45) is 6.52. The fourth-order valence-electron chi connectivity index (χ4n) is 2.46. The van der Waals surface area contributed by atoms with Gasteiger partial charge >= 0.3 is 0 Å². The van der Waals surface area contributed by atoms with Crippen LogP contribution in [-0.2, 0) is 5.41 Å². The van der Waals surface area contributed by atoms with E-state index in [4.69, 9.17) is 0 Å². The second-order valence-corrected chi connectivity index (χ2v) is 4.95. The molecule has 1 aliphatic rings. The van der Waals surface area contributed by atoms with Gasteiger partial charge in [0.1, 0.15) is 0 Å². The number of nitriles is 1. The van der Waals surface area contributed by atoms with Crippen LogP contribution < -0.4 is 0 Å². The van der Waals surface area contributed by atoms with E-state index in [0.29, 0.717) is 0 Å². The van der Waals surface area contributed by atoms with Gasteiger partial charge in [0, 0.05) is 4.90 Å². The molecule has 1 aromatic rings. The van der Waals surface area contributed by atoms with Crippen molar-refractivity contribution in [2.45, 2.75) is 36.0 Å². The molecule has 1 saturated carbocycles. The molecular weight excluding hydrogens is 202 g/mol. The Bertz CT molecular complexity index is 386. The molecule has 78 valence electrons. The fraction of sp³-hybridized carbons (Fsp3) is 0.462. The molecule has 2 rings (SSSR count). The molecule has 0 unspecified atom stereocenters. The molecule has 0 radical (unpaired) electrons. The standard InChI is InChI=1S/C13H15NS/c1-15-12-7-3-2-6-11(12)13(10-14)8-4-5-9-13/h2-3,6-7H,4-5,8-9H2,1H3. The second kappa shape index (κ2) is 4.28. The summed E-state index contributed by atoms with van der Waals surface area (Å²) >= 11 is 1.75. The van der Waals surface area contributed by atoms with E-state index in [2.05, 4.69) is 30.5 Å². The van der Waals surface area contributed by atoms with E-state index < -0.39 is 0 Å². The Kier molecular flexibility index (Phi) is 3.02. The SMILES string of the molecule is CSc1ccccc1C1(C#N)CCCC1. The predicted molar refractivity (Wildman–Crippen MR) is 64.0 cm³/mol. The van der Waals surface area contributed by atoms with Crippen molar-refractivity contribution in [3.63, 3.8) is 0 Å². The van der Waals surface area contributed by atoms with Crippen LogP contribution in [0.25, 0.3) is 0 Å². The number of hydrogen-bond acceptors (Lipinski definition) is 2. The molecule has 0 aliphatic heterocycles. The van der Waals surface area contributed by atoms with Gasteiger partial charge in [0.2, 0.25) is 0 Å². The summed E-state index contributed by atoms with van der Waals surface area (Å²) in [5.74, 6) is 0. The van der Waals surface area contributed by atoms with Crippen LogP contribution in [0, 0.1) is 11.3 Å². The van der Waals surface area contributed by atoms with Crippen LogP contribution in [0.15, 0.2) is 29.2 Å². The van der Waals surface area contributed by atoms with Gasteiger partial charge in [-0.25, -0.2) is 0 Å². The average Bonchev–Trinajstić information content (AvgIpc) is 2.79. The van der Waals surface area contributed by atoms with E-state index in [0.717, 1.165) is 12.8 Å². The Labute approximate surface area is 95.5 Å². The first kappa shape index (κ1) is 10.6. The molecule has 15 heavy (non-hydrogen) atoms. The summed E-state index contributed by atoms with van der Waals surface area (Å²) in [7, 11) is 0. The predicted octanol–water partition coefficient (Wildman–Crippen LogP) is 3.74. The Morgan fingerprint density at radius 1 is 1.27 bits per heavy atom. The maximum atomic E-state index is 9.43. The van der Waals surface area contributed by atoms with Crippen molar-refractivity contribution < 1.29 is 0 Å². The minimum Gasteiger partial charge on any atom is -0.197 e. The minimum atomic E-state index is -0.195. The smallest absolute Gasteiger partial charge is 0.0833 e. The van der Waals surface area contributed by atoms with Crippen LogP contribution >= 0.6 is 11.8 Å². The lowest BCUT2D eigenvalue weighted by Crippen LogP contribution is -2.20. The lowest BCUT2D eigenvalue weighted by Gasteiger charge is -2.23. The Morgan fingerprint density at radius 2 is 1.93 bits per heavy atom. The van der Waals surface area contributed by atoms with Gasteiger partial charge in [-0.05, 0) is 30.7 Å². The molecule has 0 saturated heterocycles. The van der Waals surface area contributed by atoms with Gasteiger partial charge < -0.3 is 0 Å². The Balaban J connectivity index is 2.47. The largest absolute Gasteiger partial charge is 0.197 e. The summed E-state index contributed by atoms with van der Waals surface area (Å²) in [4.78, 5) is 1.26. The number of hydrogen-bond donors (Lipinski definition) is 0. The zero-order valence-electron chi connectivity index (χ0n) is 8.99. The topological polar surface area (TPSA) is 23.8 Å². The van der Waals surface area contributed by atoms with Gasteiger partial charge in [-0.3, -0.25) is 0 Å². The molecule has 0 bridgehead atoms.